The van der Waals surface area contributed by atoms with Gasteiger partial charge in [-0.1, -0.05) is 11.6 Å². The minimum atomic E-state index is -4.44. The van der Waals surface area contributed by atoms with Gasteiger partial charge < -0.3 is 0 Å². The lowest BCUT2D eigenvalue weighted by Crippen LogP contribution is -2.03. The second-order valence-electron chi connectivity index (χ2n) is 5.21. The maximum atomic E-state index is 12.9. The SMILES string of the molecule is N#CC(=Cc1c(Cl)nc2sccn12)c1nc2cc(C(F)(F)F)ccc2s1. The summed E-state index contributed by atoms with van der Waals surface area (Å²) in [5.41, 5.74) is 0.147. The molecule has 10 heteroatoms. The zero-order valence-electron chi connectivity index (χ0n) is 12.6. The average molecular weight is 411 g/mol. The van der Waals surface area contributed by atoms with Gasteiger partial charge in [0, 0.05) is 11.6 Å². The van der Waals surface area contributed by atoms with Crippen LogP contribution in [0.25, 0.3) is 26.8 Å². The summed E-state index contributed by atoms with van der Waals surface area (Å²) in [5.74, 6) is 0. The molecule has 3 aromatic heterocycles. The van der Waals surface area contributed by atoms with Gasteiger partial charge in [-0.2, -0.15) is 18.4 Å². The maximum Gasteiger partial charge on any atom is 0.416 e. The Morgan fingerprint density at radius 1 is 1.31 bits per heavy atom. The van der Waals surface area contributed by atoms with Gasteiger partial charge in [-0.3, -0.25) is 4.40 Å². The lowest BCUT2D eigenvalue weighted by molar-refractivity contribution is -0.137. The van der Waals surface area contributed by atoms with Crippen LogP contribution in [0.5, 0.6) is 0 Å². The number of hydrogen-bond acceptors (Lipinski definition) is 5. The number of imidazole rings is 1. The molecule has 0 saturated heterocycles. The van der Waals surface area contributed by atoms with E-state index >= 15 is 0 Å². The highest BCUT2D eigenvalue weighted by molar-refractivity contribution is 7.19. The van der Waals surface area contributed by atoms with Crippen molar-refractivity contribution in [3.05, 3.63) is 51.2 Å². The van der Waals surface area contributed by atoms with Gasteiger partial charge in [0.15, 0.2) is 10.1 Å². The molecule has 0 aliphatic rings. The van der Waals surface area contributed by atoms with Crippen LogP contribution in [0.2, 0.25) is 5.15 Å². The molecule has 0 amide bonds. The Bertz CT molecular complexity index is 1210. The zero-order chi connectivity index (χ0) is 18.5. The zero-order valence-corrected chi connectivity index (χ0v) is 15.0. The lowest BCUT2D eigenvalue weighted by Gasteiger charge is -2.04. The number of benzene rings is 1. The van der Waals surface area contributed by atoms with Gasteiger partial charge in [0.2, 0.25) is 0 Å². The number of halogens is 4. The minimum absolute atomic E-state index is 0.195. The molecule has 0 atom stereocenters. The largest absolute Gasteiger partial charge is 0.416 e. The molecule has 3 heterocycles. The third-order valence-electron chi connectivity index (χ3n) is 3.60. The quantitative estimate of drug-likeness (QED) is 0.396. The molecule has 4 aromatic rings. The summed E-state index contributed by atoms with van der Waals surface area (Å²) in [5, 5.41) is 11.9. The highest BCUT2D eigenvalue weighted by atomic mass is 35.5. The van der Waals surface area contributed by atoms with Gasteiger partial charge in [0.1, 0.15) is 11.1 Å². The Morgan fingerprint density at radius 2 is 2.12 bits per heavy atom. The first kappa shape index (κ1) is 17.0. The van der Waals surface area contributed by atoms with Crippen LogP contribution in [0.1, 0.15) is 16.3 Å². The monoisotopic (exact) mass is 410 g/mol. The van der Waals surface area contributed by atoms with Crippen molar-refractivity contribution >= 4 is 61.1 Å². The Morgan fingerprint density at radius 3 is 2.85 bits per heavy atom. The number of nitriles is 1. The van der Waals surface area contributed by atoms with Gasteiger partial charge >= 0.3 is 6.18 Å². The van der Waals surface area contributed by atoms with E-state index < -0.39 is 11.7 Å². The Hall–Kier alpha value is -2.41. The molecular weight excluding hydrogens is 405 g/mol. The molecule has 0 radical (unpaired) electrons. The number of thiazole rings is 2. The van der Waals surface area contributed by atoms with Gasteiger partial charge in [0.25, 0.3) is 0 Å². The predicted octanol–water partition coefficient (Wildman–Crippen LogP) is 5.74. The predicted molar refractivity (Wildman–Crippen MR) is 96.2 cm³/mol. The molecule has 0 bridgehead atoms. The summed E-state index contributed by atoms with van der Waals surface area (Å²) in [7, 11) is 0. The minimum Gasteiger partial charge on any atom is -0.289 e. The number of allylic oxidation sites excluding steroid dienone is 1. The van der Waals surface area contributed by atoms with Crippen molar-refractivity contribution < 1.29 is 13.2 Å². The number of alkyl halides is 3. The number of rotatable bonds is 2. The van der Waals surface area contributed by atoms with Crippen molar-refractivity contribution in [1.82, 2.24) is 14.4 Å². The summed E-state index contributed by atoms with van der Waals surface area (Å²) in [6, 6.07) is 5.38. The molecule has 4 nitrogen and oxygen atoms in total. The Labute approximate surface area is 157 Å². The standard InChI is InChI=1S/C16H6ClF3N4S2/c17-13-11(24-3-4-25-15(24)23-13)5-8(7-21)14-22-10-6-9(16(18,19)20)1-2-12(10)26-14/h1-6H. The van der Waals surface area contributed by atoms with Crippen LogP contribution in [0, 0.1) is 11.3 Å². The molecule has 0 unspecified atom stereocenters. The fourth-order valence-electron chi connectivity index (χ4n) is 2.40. The summed E-state index contributed by atoms with van der Waals surface area (Å²) in [4.78, 5) is 9.06. The van der Waals surface area contributed by atoms with Crippen LogP contribution in [0.15, 0.2) is 29.8 Å². The molecule has 1 aromatic carbocycles. The third-order valence-corrected chi connectivity index (χ3v) is 5.71. The summed E-state index contributed by atoms with van der Waals surface area (Å²) >= 11 is 8.67. The lowest BCUT2D eigenvalue weighted by atomic mass is 10.2. The number of hydrogen-bond donors (Lipinski definition) is 0. The van der Waals surface area contributed by atoms with Crippen LogP contribution in [-0.4, -0.2) is 14.4 Å². The van der Waals surface area contributed by atoms with Crippen LogP contribution in [0.3, 0.4) is 0 Å². The number of nitrogens with zero attached hydrogens (tertiary/aromatic N) is 4. The van der Waals surface area contributed by atoms with E-state index in [9.17, 15) is 18.4 Å². The first-order chi connectivity index (χ1) is 12.4. The highest BCUT2D eigenvalue weighted by Gasteiger charge is 2.30. The van der Waals surface area contributed by atoms with E-state index in [-0.39, 0.29) is 16.2 Å². The molecular formula is C16H6ClF3N4S2. The average Bonchev–Trinajstić information content (AvgIpc) is 3.26. The number of aromatic nitrogens is 3. The summed E-state index contributed by atoms with van der Waals surface area (Å²) < 4.78 is 40.8. The molecule has 0 N–H and O–H groups in total. The van der Waals surface area contributed by atoms with E-state index in [0.29, 0.717) is 20.4 Å². The van der Waals surface area contributed by atoms with Crippen LogP contribution in [-0.2, 0) is 6.18 Å². The van der Waals surface area contributed by atoms with E-state index in [0.717, 1.165) is 23.5 Å². The second-order valence-corrected chi connectivity index (χ2v) is 7.47. The number of fused-ring (bicyclic) bond motifs is 2. The van der Waals surface area contributed by atoms with Gasteiger partial charge in [-0.05, 0) is 24.3 Å². The smallest absolute Gasteiger partial charge is 0.289 e. The molecule has 26 heavy (non-hydrogen) atoms. The van der Waals surface area contributed by atoms with Crippen molar-refractivity contribution in [3.8, 4) is 6.07 Å². The maximum absolute atomic E-state index is 12.9. The molecule has 0 fully saturated rings. The van der Waals surface area contributed by atoms with Crippen LogP contribution in [0.4, 0.5) is 13.2 Å². The van der Waals surface area contributed by atoms with E-state index in [4.69, 9.17) is 11.6 Å². The molecule has 4 rings (SSSR count). The topological polar surface area (TPSA) is 54.0 Å². The van der Waals surface area contributed by atoms with Crippen LogP contribution < -0.4 is 0 Å². The van der Waals surface area contributed by atoms with Crippen molar-refractivity contribution in [2.75, 3.05) is 0 Å². The van der Waals surface area contributed by atoms with Crippen molar-refractivity contribution in [3.63, 3.8) is 0 Å². The molecule has 0 spiro atoms. The van der Waals surface area contributed by atoms with Gasteiger partial charge in [-0.25, -0.2) is 9.97 Å². The normalized spacial score (nSPS) is 12.8. The van der Waals surface area contributed by atoms with Gasteiger partial charge in [-0.15, -0.1) is 22.7 Å². The molecule has 0 aliphatic carbocycles. The Balaban J connectivity index is 1.83. The second kappa shape index (κ2) is 6.09. The van der Waals surface area contributed by atoms with Crippen molar-refractivity contribution in [2.24, 2.45) is 0 Å². The summed E-state index contributed by atoms with van der Waals surface area (Å²) in [6.07, 6.45) is -1.13. The van der Waals surface area contributed by atoms with E-state index in [1.54, 1.807) is 10.6 Å². The summed E-state index contributed by atoms with van der Waals surface area (Å²) in [6.45, 7) is 0. The van der Waals surface area contributed by atoms with Crippen molar-refractivity contribution in [2.45, 2.75) is 6.18 Å². The van der Waals surface area contributed by atoms with Crippen LogP contribution >= 0.6 is 34.3 Å². The molecule has 0 saturated carbocycles. The van der Waals surface area contributed by atoms with E-state index in [2.05, 4.69) is 9.97 Å². The highest BCUT2D eigenvalue weighted by Crippen LogP contribution is 2.35. The molecule has 130 valence electrons. The van der Waals surface area contributed by atoms with Crippen molar-refractivity contribution in [1.29, 1.82) is 5.26 Å². The molecule has 0 aliphatic heterocycles. The fourth-order valence-corrected chi connectivity index (χ4v) is 4.31. The van der Waals surface area contributed by atoms with Gasteiger partial charge in [0.05, 0.1) is 27.0 Å². The first-order valence-corrected chi connectivity index (χ1v) is 9.15. The third kappa shape index (κ3) is 2.86. The van der Waals surface area contributed by atoms with E-state index in [1.165, 1.54) is 23.5 Å². The van der Waals surface area contributed by atoms with E-state index in [1.807, 2.05) is 11.4 Å². The Kier molecular flexibility index (Phi) is 3.99. The first-order valence-electron chi connectivity index (χ1n) is 7.08. The fraction of sp³-hybridized carbons (Fsp3) is 0.0625.